The Balaban J connectivity index is 2.14. The van der Waals surface area contributed by atoms with Gasteiger partial charge in [0, 0.05) is 10.0 Å². The highest BCUT2D eigenvalue weighted by Crippen LogP contribution is 2.40. The predicted octanol–water partition coefficient (Wildman–Crippen LogP) is 3.50. The van der Waals surface area contributed by atoms with Gasteiger partial charge in [-0.05, 0) is 23.8 Å². The summed E-state index contributed by atoms with van der Waals surface area (Å²) in [6.07, 6.45) is 0. The highest BCUT2D eigenvalue weighted by molar-refractivity contribution is 9.10. The number of ether oxygens (including phenoxy) is 1. The quantitative estimate of drug-likeness (QED) is 0.593. The first-order chi connectivity index (χ1) is 8.25. The van der Waals surface area contributed by atoms with Crippen molar-refractivity contribution in [3.63, 3.8) is 0 Å². The van der Waals surface area contributed by atoms with Gasteiger partial charge in [0.1, 0.15) is 11.7 Å². The predicted molar refractivity (Wildman–Crippen MR) is 68.1 cm³/mol. The summed E-state index contributed by atoms with van der Waals surface area (Å²) in [5, 5.41) is 0. The number of benzene rings is 2. The van der Waals surface area contributed by atoms with Crippen LogP contribution in [0, 0.1) is 0 Å². The Morgan fingerprint density at radius 2 is 1.82 bits per heavy atom. The maximum absolute atomic E-state index is 11.9. The van der Waals surface area contributed by atoms with E-state index in [1.807, 2.05) is 48.5 Å². The van der Waals surface area contributed by atoms with Crippen LogP contribution < -0.4 is 4.74 Å². The lowest BCUT2D eigenvalue weighted by Crippen LogP contribution is -2.11. The molecule has 3 rings (SSSR count). The number of hydrogen-bond donors (Lipinski definition) is 0. The van der Waals surface area contributed by atoms with E-state index in [0.29, 0.717) is 5.75 Å². The fraction of sp³-hybridized carbons (Fsp3) is 0.0714. The molecule has 0 aromatic heterocycles. The van der Waals surface area contributed by atoms with E-state index in [1.54, 1.807) is 0 Å². The van der Waals surface area contributed by atoms with Gasteiger partial charge in [-0.15, -0.1) is 0 Å². The SMILES string of the molecule is O=C1Oc2ccc(Br)cc2[C@H]1c1ccccc1. The molecule has 0 radical (unpaired) electrons. The van der Waals surface area contributed by atoms with Crippen LogP contribution in [-0.2, 0) is 4.79 Å². The molecule has 0 spiro atoms. The van der Waals surface area contributed by atoms with Gasteiger partial charge >= 0.3 is 5.97 Å². The minimum Gasteiger partial charge on any atom is -0.425 e. The molecule has 0 bridgehead atoms. The number of hydrogen-bond acceptors (Lipinski definition) is 2. The lowest BCUT2D eigenvalue weighted by atomic mass is 9.93. The van der Waals surface area contributed by atoms with E-state index in [-0.39, 0.29) is 11.9 Å². The molecular weight excluding hydrogens is 280 g/mol. The zero-order chi connectivity index (χ0) is 11.8. The molecule has 0 saturated carbocycles. The Hall–Kier alpha value is -1.61. The number of carbonyl (C=O) groups is 1. The maximum atomic E-state index is 11.9. The van der Waals surface area contributed by atoms with Crippen molar-refractivity contribution in [3.05, 3.63) is 64.1 Å². The summed E-state index contributed by atoms with van der Waals surface area (Å²) < 4.78 is 6.22. The zero-order valence-electron chi connectivity index (χ0n) is 8.89. The molecule has 1 atom stereocenters. The Bertz CT molecular complexity index is 578. The highest BCUT2D eigenvalue weighted by Gasteiger charge is 2.34. The third-order valence-corrected chi connectivity index (χ3v) is 3.36. The van der Waals surface area contributed by atoms with Crippen molar-refractivity contribution < 1.29 is 9.53 Å². The molecule has 2 aromatic carbocycles. The van der Waals surface area contributed by atoms with E-state index in [4.69, 9.17) is 4.74 Å². The Morgan fingerprint density at radius 1 is 1.06 bits per heavy atom. The van der Waals surface area contributed by atoms with E-state index in [2.05, 4.69) is 15.9 Å². The second kappa shape index (κ2) is 4.00. The summed E-state index contributed by atoms with van der Waals surface area (Å²) in [5.41, 5.74) is 1.89. The summed E-state index contributed by atoms with van der Waals surface area (Å²) in [7, 11) is 0. The molecule has 0 aliphatic carbocycles. The molecule has 3 heteroatoms. The van der Waals surface area contributed by atoms with Crippen LogP contribution in [0.1, 0.15) is 17.0 Å². The minimum atomic E-state index is -0.302. The van der Waals surface area contributed by atoms with Crippen LogP contribution in [0.15, 0.2) is 53.0 Å². The van der Waals surface area contributed by atoms with Crippen LogP contribution in [0.3, 0.4) is 0 Å². The molecular formula is C14H9BrO2. The van der Waals surface area contributed by atoms with Crippen LogP contribution >= 0.6 is 15.9 Å². The highest BCUT2D eigenvalue weighted by atomic mass is 79.9. The smallest absolute Gasteiger partial charge is 0.323 e. The standard InChI is InChI=1S/C14H9BrO2/c15-10-6-7-12-11(8-10)13(14(16)17-12)9-4-2-1-3-5-9/h1-8,13H/t13-/m1/s1. The van der Waals surface area contributed by atoms with E-state index >= 15 is 0 Å². The van der Waals surface area contributed by atoms with Crippen molar-refractivity contribution in [2.75, 3.05) is 0 Å². The van der Waals surface area contributed by atoms with E-state index in [0.717, 1.165) is 15.6 Å². The van der Waals surface area contributed by atoms with E-state index in [9.17, 15) is 4.79 Å². The van der Waals surface area contributed by atoms with E-state index in [1.165, 1.54) is 0 Å². The molecule has 0 N–H and O–H groups in total. The second-order valence-electron chi connectivity index (χ2n) is 3.95. The van der Waals surface area contributed by atoms with Crippen LogP contribution in [0.2, 0.25) is 0 Å². The van der Waals surface area contributed by atoms with Crippen molar-refractivity contribution >= 4 is 21.9 Å². The molecule has 0 fully saturated rings. The molecule has 0 saturated heterocycles. The Labute approximate surface area is 107 Å². The number of fused-ring (bicyclic) bond motifs is 1. The van der Waals surface area contributed by atoms with Gasteiger partial charge in [0.15, 0.2) is 0 Å². The number of rotatable bonds is 1. The summed E-state index contributed by atoms with van der Waals surface area (Å²) in [4.78, 5) is 11.9. The van der Waals surface area contributed by atoms with Gasteiger partial charge in [0.25, 0.3) is 0 Å². The molecule has 2 nitrogen and oxygen atoms in total. The summed E-state index contributed by atoms with van der Waals surface area (Å²) in [6.45, 7) is 0. The molecule has 0 unspecified atom stereocenters. The first-order valence-corrected chi connectivity index (χ1v) is 6.11. The molecule has 84 valence electrons. The zero-order valence-corrected chi connectivity index (χ0v) is 10.5. The number of carbonyl (C=O) groups excluding carboxylic acids is 1. The van der Waals surface area contributed by atoms with Crippen molar-refractivity contribution in [2.45, 2.75) is 5.92 Å². The lowest BCUT2D eigenvalue weighted by Gasteiger charge is -2.07. The largest absolute Gasteiger partial charge is 0.425 e. The summed E-state index contributed by atoms with van der Waals surface area (Å²) >= 11 is 3.42. The fourth-order valence-corrected chi connectivity index (χ4v) is 2.47. The van der Waals surface area contributed by atoms with Gasteiger partial charge in [-0.2, -0.15) is 0 Å². The molecule has 17 heavy (non-hydrogen) atoms. The topological polar surface area (TPSA) is 26.3 Å². The van der Waals surface area contributed by atoms with Crippen molar-refractivity contribution in [3.8, 4) is 5.75 Å². The molecule has 1 heterocycles. The third kappa shape index (κ3) is 1.76. The Kier molecular flexibility index (Phi) is 2.48. The fourth-order valence-electron chi connectivity index (χ4n) is 2.09. The van der Waals surface area contributed by atoms with E-state index < -0.39 is 0 Å². The van der Waals surface area contributed by atoms with Crippen LogP contribution in [0.4, 0.5) is 0 Å². The van der Waals surface area contributed by atoms with Crippen molar-refractivity contribution in [2.24, 2.45) is 0 Å². The number of halogens is 1. The number of esters is 1. The van der Waals surface area contributed by atoms with Crippen LogP contribution in [0.5, 0.6) is 5.75 Å². The van der Waals surface area contributed by atoms with Gasteiger partial charge in [-0.25, -0.2) is 0 Å². The Morgan fingerprint density at radius 3 is 2.59 bits per heavy atom. The van der Waals surface area contributed by atoms with Gasteiger partial charge in [0.05, 0.1) is 0 Å². The van der Waals surface area contributed by atoms with Crippen molar-refractivity contribution in [1.29, 1.82) is 0 Å². The lowest BCUT2D eigenvalue weighted by molar-refractivity contribution is -0.133. The molecule has 0 amide bonds. The van der Waals surface area contributed by atoms with Crippen LogP contribution in [-0.4, -0.2) is 5.97 Å². The summed E-state index contributed by atoms with van der Waals surface area (Å²) in [5.74, 6) is 0.153. The average molecular weight is 289 g/mol. The average Bonchev–Trinajstić information content (AvgIpc) is 2.65. The first-order valence-electron chi connectivity index (χ1n) is 5.32. The molecule has 1 aliphatic rings. The monoisotopic (exact) mass is 288 g/mol. The van der Waals surface area contributed by atoms with Gasteiger partial charge in [-0.1, -0.05) is 46.3 Å². The van der Waals surface area contributed by atoms with Gasteiger partial charge in [-0.3, -0.25) is 4.79 Å². The van der Waals surface area contributed by atoms with Gasteiger partial charge < -0.3 is 4.74 Å². The third-order valence-electron chi connectivity index (χ3n) is 2.86. The molecule has 1 aliphatic heterocycles. The van der Waals surface area contributed by atoms with Gasteiger partial charge in [0.2, 0.25) is 0 Å². The first kappa shape index (κ1) is 10.5. The van der Waals surface area contributed by atoms with Crippen LogP contribution in [0.25, 0.3) is 0 Å². The molecule has 2 aromatic rings. The normalized spacial score (nSPS) is 17.7. The second-order valence-corrected chi connectivity index (χ2v) is 4.86. The maximum Gasteiger partial charge on any atom is 0.323 e. The summed E-state index contributed by atoms with van der Waals surface area (Å²) in [6, 6.07) is 15.3. The van der Waals surface area contributed by atoms with Crippen molar-refractivity contribution in [1.82, 2.24) is 0 Å². The minimum absolute atomic E-state index is 0.204.